The summed E-state index contributed by atoms with van der Waals surface area (Å²) in [7, 11) is 0. The highest BCUT2D eigenvalue weighted by atomic mass is 32.2. The van der Waals surface area contributed by atoms with Crippen molar-refractivity contribution in [2.45, 2.75) is 11.8 Å². The van der Waals surface area contributed by atoms with Crippen molar-refractivity contribution in [2.75, 3.05) is 24.3 Å². The third kappa shape index (κ3) is 4.43. The van der Waals surface area contributed by atoms with Gasteiger partial charge in [-0.1, -0.05) is 17.7 Å². The number of amides is 1. The van der Waals surface area contributed by atoms with Crippen LogP contribution in [0.3, 0.4) is 0 Å². The van der Waals surface area contributed by atoms with Gasteiger partial charge in [0.1, 0.15) is 13.2 Å². The fourth-order valence-electron chi connectivity index (χ4n) is 2.61. The first-order valence-electron chi connectivity index (χ1n) is 8.52. The van der Waals surface area contributed by atoms with Gasteiger partial charge in [0, 0.05) is 15.8 Å². The van der Waals surface area contributed by atoms with Crippen LogP contribution in [-0.4, -0.2) is 29.9 Å². The van der Waals surface area contributed by atoms with Crippen LogP contribution in [-0.2, 0) is 4.79 Å². The molecular weight excluding hydrogens is 380 g/mol. The van der Waals surface area contributed by atoms with Crippen LogP contribution in [0.4, 0.5) is 5.13 Å². The highest BCUT2D eigenvalue weighted by Gasteiger charge is 2.14. The fraction of sp³-hybridized carbons (Fsp3) is 0.200. The lowest BCUT2D eigenvalue weighted by molar-refractivity contribution is -0.113. The highest BCUT2D eigenvalue weighted by molar-refractivity contribution is 8.00. The molecule has 27 heavy (non-hydrogen) atoms. The number of fused-ring (bicyclic) bond motifs is 1. The zero-order valence-corrected chi connectivity index (χ0v) is 16.4. The quantitative estimate of drug-likeness (QED) is 0.636. The van der Waals surface area contributed by atoms with Gasteiger partial charge in [0.05, 0.1) is 11.4 Å². The Labute approximate surface area is 165 Å². The molecule has 1 amide bonds. The summed E-state index contributed by atoms with van der Waals surface area (Å²) in [5, 5.41) is 5.38. The molecular formula is C20H18N2O3S2. The van der Waals surface area contributed by atoms with Gasteiger partial charge in [-0.2, -0.15) is 0 Å². The number of thiazole rings is 1. The molecule has 0 bridgehead atoms. The topological polar surface area (TPSA) is 60.5 Å². The standard InChI is InChI=1S/C20H18N2O3S2/c1-13-2-5-15(6-3-13)26-12-19(23)22-20-21-16(11-27-20)14-4-7-17-18(10-14)25-9-8-24-17/h2-7,10-11H,8-9,12H2,1H3,(H,21,22,23). The summed E-state index contributed by atoms with van der Waals surface area (Å²) < 4.78 is 11.2. The number of benzene rings is 2. The van der Waals surface area contributed by atoms with Crippen molar-refractivity contribution >= 4 is 34.1 Å². The van der Waals surface area contributed by atoms with Crippen LogP contribution in [0.15, 0.2) is 52.7 Å². The molecule has 138 valence electrons. The number of nitrogens with zero attached hydrogens (tertiary/aromatic N) is 1. The van der Waals surface area contributed by atoms with Crippen LogP contribution < -0.4 is 14.8 Å². The molecule has 1 aromatic heterocycles. The Balaban J connectivity index is 1.37. The van der Waals surface area contributed by atoms with Gasteiger partial charge in [-0.15, -0.1) is 23.1 Å². The molecule has 0 saturated heterocycles. The number of nitrogens with one attached hydrogen (secondary N) is 1. The first-order valence-corrected chi connectivity index (χ1v) is 10.4. The van der Waals surface area contributed by atoms with Crippen molar-refractivity contribution < 1.29 is 14.3 Å². The van der Waals surface area contributed by atoms with E-state index in [0.717, 1.165) is 27.7 Å². The molecule has 0 radical (unpaired) electrons. The highest BCUT2D eigenvalue weighted by Crippen LogP contribution is 2.35. The second kappa shape index (κ2) is 8.02. The Morgan fingerprint density at radius 1 is 1.15 bits per heavy atom. The van der Waals surface area contributed by atoms with E-state index in [4.69, 9.17) is 9.47 Å². The zero-order valence-electron chi connectivity index (χ0n) is 14.7. The molecule has 0 atom stereocenters. The lowest BCUT2D eigenvalue weighted by Crippen LogP contribution is -2.15. The number of carbonyl (C=O) groups is 1. The Morgan fingerprint density at radius 3 is 2.74 bits per heavy atom. The molecule has 2 heterocycles. The molecule has 1 aliphatic rings. The van der Waals surface area contributed by atoms with Gasteiger partial charge in [-0.25, -0.2) is 4.98 Å². The van der Waals surface area contributed by atoms with Crippen LogP contribution in [0, 0.1) is 6.92 Å². The minimum atomic E-state index is -0.0661. The average Bonchev–Trinajstić information content (AvgIpc) is 3.15. The van der Waals surface area contributed by atoms with Crippen LogP contribution >= 0.6 is 23.1 Å². The van der Waals surface area contributed by atoms with Crippen molar-refractivity contribution in [2.24, 2.45) is 0 Å². The summed E-state index contributed by atoms with van der Waals surface area (Å²) in [5.41, 5.74) is 2.95. The van der Waals surface area contributed by atoms with Gasteiger partial charge >= 0.3 is 0 Å². The van der Waals surface area contributed by atoms with Crippen molar-refractivity contribution in [1.82, 2.24) is 4.98 Å². The van der Waals surface area contributed by atoms with E-state index in [-0.39, 0.29) is 5.91 Å². The summed E-state index contributed by atoms with van der Waals surface area (Å²) in [4.78, 5) is 17.8. The van der Waals surface area contributed by atoms with Crippen molar-refractivity contribution in [1.29, 1.82) is 0 Å². The van der Waals surface area contributed by atoms with E-state index in [1.165, 1.54) is 28.7 Å². The second-order valence-electron chi connectivity index (χ2n) is 6.05. The lowest BCUT2D eigenvalue weighted by Gasteiger charge is -2.18. The minimum Gasteiger partial charge on any atom is -0.486 e. The predicted molar refractivity (Wildman–Crippen MR) is 109 cm³/mol. The normalized spacial score (nSPS) is 12.6. The number of rotatable bonds is 5. The number of aryl methyl sites for hydroxylation is 1. The van der Waals surface area contributed by atoms with Crippen molar-refractivity contribution in [3.05, 3.63) is 53.4 Å². The van der Waals surface area contributed by atoms with Crippen LogP contribution in [0.1, 0.15) is 5.56 Å². The number of carbonyl (C=O) groups excluding carboxylic acids is 1. The number of hydrogen-bond acceptors (Lipinski definition) is 6. The molecule has 0 aliphatic carbocycles. The van der Waals surface area contributed by atoms with Gasteiger partial charge in [-0.05, 0) is 37.3 Å². The molecule has 5 nitrogen and oxygen atoms in total. The third-order valence-electron chi connectivity index (χ3n) is 3.98. The van der Waals surface area contributed by atoms with E-state index in [2.05, 4.69) is 10.3 Å². The molecule has 0 saturated carbocycles. The lowest BCUT2D eigenvalue weighted by atomic mass is 10.1. The smallest absolute Gasteiger partial charge is 0.236 e. The van der Waals surface area contributed by atoms with E-state index in [1.54, 1.807) is 0 Å². The first kappa shape index (κ1) is 17.9. The molecule has 2 aromatic carbocycles. The fourth-order valence-corrected chi connectivity index (χ4v) is 4.04. The Morgan fingerprint density at radius 2 is 1.93 bits per heavy atom. The van der Waals surface area contributed by atoms with Crippen LogP contribution in [0.5, 0.6) is 11.5 Å². The minimum absolute atomic E-state index is 0.0661. The van der Waals surface area contributed by atoms with Crippen LogP contribution in [0.25, 0.3) is 11.3 Å². The number of anilines is 1. The van der Waals surface area contributed by atoms with E-state index in [0.29, 0.717) is 24.1 Å². The zero-order chi connectivity index (χ0) is 18.6. The van der Waals surface area contributed by atoms with Gasteiger partial charge in [0.25, 0.3) is 0 Å². The number of thioether (sulfide) groups is 1. The summed E-state index contributed by atoms with van der Waals surface area (Å²) in [5.74, 6) is 1.76. The van der Waals surface area contributed by atoms with E-state index in [1.807, 2.05) is 54.8 Å². The largest absolute Gasteiger partial charge is 0.486 e. The molecule has 4 rings (SSSR count). The van der Waals surface area contributed by atoms with Gasteiger partial charge in [0.15, 0.2) is 16.6 Å². The Kier molecular flexibility index (Phi) is 5.31. The number of hydrogen-bond donors (Lipinski definition) is 1. The summed E-state index contributed by atoms with van der Waals surface area (Å²) >= 11 is 2.92. The van der Waals surface area contributed by atoms with E-state index in [9.17, 15) is 4.79 Å². The molecule has 0 fully saturated rings. The van der Waals surface area contributed by atoms with E-state index >= 15 is 0 Å². The maximum absolute atomic E-state index is 12.2. The predicted octanol–water partition coefficient (Wildman–Crippen LogP) is 4.62. The molecule has 1 N–H and O–H groups in total. The van der Waals surface area contributed by atoms with Crippen molar-refractivity contribution in [3.63, 3.8) is 0 Å². The Bertz CT molecular complexity index is 954. The van der Waals surface area contributed by atoms with Gasteiger partial charge in [0.2, 0.25) is 5.91 Å². The Hall–Kier alpha value is -2.51. The monoisotopic (exact) mass is 398 g/mol. The second-order valence-corrected chi connectivity index (χ2v) is 7.95. The SMILES string of the molecule is Cc1ccc(SCC(=O)Nc2nc(-c3ccc4c(c3)OCCO4)cs2)cc1. The molecule has 1 aliphatic heterocycles. The molecule has 0 spiro atoms. The number of aromatic nitrogens is 1. The third-order valence-corrected chi connectivity index (χ3v) is 5.75. The van der Waals surface area contributed by atoms with E-state index < -0.39 is 0 Å². The van der Waals surface area contributed by atoms with Gasteiger partial charge < -0.3 is 14.8 Å². The number of ether oxygens (including phenoxy) is 2. The summed E-state index contributed by atoms with van der Waals surface area (Å²) in [6.07, 6.45) is 0. The van der Waals surface area contributed by atoms with Crippen molar-refractivity contribution in [3.8, 4) is 22.8 Å². The molecule has 3 aromatic rings. The first-order chi connectivity index (χ1) is 13.2. The molecule has 0 unspecified atom stereocenters. The van der Waals surface area contributed by atoms with Gasteiger partial charge in [-0.3, -0.25) is 4.79 Å². The van der Waals surface area contributed by atoms with Crippen LogP contribution in [0.2, 0.25) is 0 Å². The summed E-state index contributed by atoms with van der Waals surface area (Å²) in [6, 6.07) is 13.9. The maximum Gasteiger partial charge on any atom is 0.236 e. The average molecular weight is 399 g/mol. The summed E-state index contributed by atoms with van der Waals surface area (Å²) in [6.45, 7) is 3.16. The maximum atomic E-state index is 12.2. The molecule has 7 heteroatoms.